The van der Waals surface area contributed by atoms with Crippen LogP contribution in [0.4, 0.5) is 27.6 Å². The molecule has 0 saturated carbocycles. The molecule has 0 atom stereocenters. The molecular weight excluding hydrogens is 441 g/mol. The first-order chi connectivity index (χ1) is 10.2. The van der Waals surface area contributed by atoms with Crippen molar-refractivity contribution in [1.29, 1.82) is 0 Å². The Kier molecular flexibility index (Phi) is 4.86. The average molecular weight is 445 g/mol. The number of benzene rings is 2. The third kappa shape index (κ3) is 3.00. The molecule has 0 aliphatic carbocycles. The Morgan fingerprint density at radius 2 is 1.36 bits per heavy atom. The molecule has 0 aliphatic rings. The Morgan fingerprint density at radius 1 is 0.864 bits per heavy atom. The van der Waals surface area contributed by atoms with Crippen LogP contribution in [0.15, 0.2) is 26.1 Å². The molecule has 116 valence electrons. The zero-order valence-electron chi connectivity index (χ0n) is 10.3. The third-order valence-corrected chi connectivity index (χ3v) is 3.64. The summed E-state index contributed by atoms with van der Waals surface area (Å²) in [5, 5.41) is 9.74. The zero-order valence-corrected chi connectivity index (χ0v) is 13.4. The van der Waals surface area contributed by atoms with E-state index in [4.69, 9.17) is 0 Å². The highest BCUT2D eigenvalue weighted by molar-refractivity contribution is 9.11. The Morgan fingerprint density at radius 3 is 1.91 bits per heavy atom. The fraction of sp³-hybridized carbons (Fsp3) is 0. The molecule has 0 radical (unpaired) electrons. The number of phenolic OH excluding ortho intramolecular Hbond substituents is 1. The van der Waals surface area contributed by atoms with E-state index >= 15 is 0 Å². The molecule has 0 unspecified atom stereocenters. The van der Waals surface area contributed by atoms with Crippen molar-refractivity contribution in [3.8, 4) is 5.75 Å². The Bertz CT molecular complexity index is 766. The number of phenols is 1. The van der Waals surface area contributed by atoms with E-state index in [1.165, 1.54) is 12.1 Å². The first kappa shape index (κ1) is 16.9. The largest absolute Gasteiger partial charge is 0.506 e. The van der Waals surface area contributed by atoms with Gasteiger partial charge in [0.05, 0.1) is 4.47 Å². The van der Waals surface area contributed by atoms with Crippen molar-refractivity contribution in [3.63, 3.8) is 0 Å². The van der Waals surface area contributed by atoms with E-state index in [0.29, 0.717) is 4.47 Å². The van der Waals surface area contributed by atoms with Gasteiger partial charge in [-0.05, 0) is 28.1 Å². The molecule has 2 aromatic rings. The fourth-order valence-electron chi connectivity index (χ4n) is 1.53. The molecule has 0 bridgehead atoms. The molecule has 0 aromatic heterocycles. The standard InChI is InChI=1S/C13H4Br2F5NO/c14-5-1-4(13(22)6(15)2-5)3-21-12-10(19)8(17)7(16)9(18)11(12)20/h1-3,22H. The maximum Gasteiger partial charge on any atom is 0.200 e. The van der Waals surface area contributed by atoms with Crippen molar-refractivity contribution in [2.75, 3.05) is 0 Å². The van der Waals surface area contributed by atoms with Gasteiger partial charge < -0.3 is 5.11 Å². The maximum absolute atomic E-state index is 13.4. The second-order valence-electron chi connectivity index (χ2n) is 4.00. The summed E-state index contributed by atoms with van der Waals surface area (Å²) in [6, 6.07) is 2.83. The van der Waals surface area contributed by atoms with Gasteiger partial charge in [-0.2, -0.15) is 0 Å². The molecule has 1 N–H and O–H groups in total. The molecular formula is C13H4Br2F5NO. The molecule has 0 spiro atoms. The van der Waals surface area contributed by atoms with E-state index in [2.05, 4.69) is 36.9 Å². The van der Waals surface area contributed by atoms with Crippen LogP contribution in [0.3, 0.4) is 0 Å². The van der Waals surface area contributed by atoms with Crippen LogP contribution < -0.4 is 0 Å². The summed E-state index contributed by atoms with van der Waals surface area (Å²) in [7, 11) is 0. The summed E-state index contributed by atoms with van der Waals surface area (Å²) < 4.78 is 66.6. The minimum atomic E-state index is -2.26. The van der Waals surface area contributed by atoms with Crippen molar-refractivity contribution in [2.24, 2.45) is 4.99 Å². The molecule has 0 fully saturated rings. The summed E-state index contributed by atoms with van der Waals surface area (Å²) in [4.78, 5) is 3.26. The summed E-state index contributed by atoms with van der Waals surface area (Å²) in [5.74, 6) is -10.9. The smallest absolute Gasteiger partial charge is 0.200 e. The lowest BCUT2D eigenvalue weighted by atomic mass is 10.2. The highest BCUT2D eigenvalue weighted by atomic mass is 79.9. The van der Waals surface area contributed by atoms with E-state index < -0.39 is 34.8 Å². The van der Waals surface area contributed by atoms with Gasteiger partial charge in [-0.1, -0.05) is 15.9 Å². The van der Waals surface area contributed by atoms with E-state index in [-0.39, 0.29) is 15.8 Å². The molecule has 2 nitrogen and oxygen atoms in total. The first-order valence-electron chi connectivity index (χ1n) is 5.47. The van der Waals surface area contributed by atoms with Crippen molar-refractivity contribution in [3.05, 3.63) is 55.7 Å². The average Bonchev–Trinajstić information content (AvgIpc) is 2.47. The topological polar surface area (TPSA) is 32.6 Å². The van der Waals surface area contributed by atoms with Crippen LogP contribution in [0.2, 0.25) is 0 Å². The summed E-state index contributed by atoms with van der Waals surface area (Å²) >= 11 is 6.14. The predicted molar refractivity (Wildman–Crippen MR) is 77.0 cm³/mol. The summed E-state index contributed by atoms with van der Waals surface area (Å²) in [5.41, 5.74) is -1.34. The van der Waals surface area contributed by atoms with Crippen LogP contribution in [0.5, 0.6) is 5.75 Å². The lowest BCUT2D eigenvalue weighted by Crippen LogP contribution is -2.01. The molecule has 9 heteroatoms. The highest BCUT2D eigenvalue weighted by Gasteiger charge is 2.25. The van der Waals surface area contributed by atoms with Gasteiger partial charge in [0.15, 0.2) is 23.3 Å². The molecule has 2 aromatic carbocycles. The van der Waals surface area contributed by atoms with Crippen LogP contribution in [-0.2, 0) is 0 Å². The second-order valence-corrected chi connectivity index (χ2v) is 5.77. The number of halogens is 7. The number of rotatable bonds is 2. The maximum atomic E-state index is 13.4. The monoisotopic (exact) mass is 443 g/mol. The van der Waals surface area contributed by atoms with Crippen LogP contribution in [-0.4, -0.2) is 11.3 Å². The number of hydrogen-bond donors (Lipinski definition) is 1. The normalized spacial score (nSPS) is 11.4. The van der Waals surface area contributed by atoms with Crippen LogP contribution >= 0.6 is 31.9 Å². The van der Waals surface area contributed by atoms with Gasteiger partial charge in [-0.3, -0.25) is 0 Å². The quantitative estimate of drug-likeness (QED) is 0.287. The van der Waals surface area contributed by atoms with Crippen LogP contribution in [0, 0.1) is 29.1 Å². The first-order valence-corrected chi connectivity index (χ1v) is 7.06. The SMILES string of the molecule is Oc1c(Br)cc(Br)cc1C=Nc1c(F)c(F)c(F)c(F)c1F. The van der Waals surface area contributed by atoms with Gasteiger partial charge in [-0.25, -0.2) is 26.9 Å². The highest BCUT2D eigenvalue weighted by Crippen LogP contribution is 2.32. The second kappa shape index (κ2) is 6.33. The third-order valence-electron chi connectivity index (χ3n) is 2.58. The zero-order chi connectivity index (χ0) is 16.6. The van der Waals surface area contributed by atoms with Gasteiger partial charge in [0.25, 0.3) is 0 Å². The fourth-order valence-corrected chi connectivity index (χ4v) is 2.78. The van der Waals surface area contributed by atoms with Crippen molar-refractivity contribution in [2.45, 2.75) is 0 Å². The van der Waals surface area contributed by atoms with E-state index in [0.717, 1.165) is 6.21 Å². The molecule has 2 rings (SSSR count). The van der Waals surface area contributed by atoms with Crippen molar-refractivity contribution >= 4 is 43.8 Å². The summed E-state index contributed by atoms with van der Waals surface area (Å²) in [6.07, 6.45) is 0.781. The number of hydrogen-bond acceptors (Lipinski definition) is 2. The number of nitrogens with zero attached hydrogens (tertiary/aromatic N) is 1. The van der Waals surface area contributed by atoms with Gasteiger partial charge in [0.2, 0.25) is 5.82 Å². The predicted octanol–water partition coefficient (Wildman–Crippen LogP) is 5.36. The molecule has 0 amide bonds. The Balaban J connectivity index is 2.57. The lowest BCUT2D eigenvalue weighted by molar-refractivity contribution is 0.381. The Hall–Kier alpha value is -1.48. The summed E-state index contributed by atoms with van der Waals surface area (Å²) in [6.45, 7) is 0. The molecule has 0 heterocycles. The Labute approximate surface area is 137 Å². The molecule has 22 heavy (non-hydrogen) atoms. The van der Waals surface area contributed by atoms with E-state index in [1.54, 1.807) is 0 Å². The number of aliphatic imine (C=N–C) groups is 1. The van der Waals surface area contributed by atoms with Crippen LogP contribution in [0.25, 0.3) is 0 Å². The minimum absolute atomic E-state index is 0.00481. The van der Waals surface area contributed by atoms with E-state index in [1.807, 2.05) is 0 Å². The van der Waals surface area contributed by atoms with Crippen molar-refractivity contribution < 1.29 is 27.1 Å². The van der Waals surface area contributed by atoms with Gasteiger partial charge in [0, 0.05) is 16.3 Å². The minimum Gasteiger partial charge on any atom is -0.506 e. The van der Waals surface area contributed by atoms with Crippen LogP contribution in [0.1, 0.15) is 5.56 Å². The molecule has 0 aliphatic heterocycles. The lowest BCUT2D eigenvalue weighted by Gasteiger charge is -2.05. The van der Waals surface area contributed by atoms with Gasteiger partial charge >= 0.3 is 0 Å². The van der Waals surface area contributed by atoms with E-state index in [9.17, 15) is 27.1 Å². The van der Waals surface area contributed by atoms with Gasteiger partial charge in [0.1, 0.15) is 11.4 Å². The number of aromatic hydroxyl groups is 1. The molecule has 0 saturated heterocycles. The van der Waals surface area contributed by atoms with Gasteiger partial charge in [-0.15, -0.1) is 0 Å². The van der Waals surface area contributed by atoms with Crippen molar-refractivity contribution in [1.82, 2.24) is 0 Å².